The summed E-state index contributed by atoms with van der Waals surface area (Å²) in [6, 6.07) is 21.1. The minimum atomic E-state index is -0.184. The zero-order chi connectivity index (χ0) is 18.5. The molecular formula is C21H20N2O3. The predicted molar refractivity (Wildman–Crippen MR) is 103 cm³/mol. The van der Waals surface area contributed by atoms with Gasteiger partial charge in [0.25, 0.3) is 5.91 Å². The summed E-state index contributed by atoms with van der Waals surface area (Å²) in [5.41, 5.74) is 2.09. The number of hydrogen-bond donors (Lipinski definition) is 2. The number of carbonyl (C=O) groups is 1. The Morgan fingerprint density at radius 2 is 1.65 bits per heavy atom. The van der Waals surface area contributed by atoms with Gasteiger partial charge in [-0.25, -0.2) is 0 Å². The van der Waals surface area contributed by atoms with Crippen molar-refractivity contribution in [3.8, 4) is 17.2 Å². The number of anilines is 2. The normalized spacial score (nSPS) is 10.2. The van der Waals surface area contributed by atoms with Crippen LogP contribution in [0.3, 0.4) is 0 Å². The average molecular weight is 348 g/mol. The maximum atomic E-state index is 12.6. The minimum Gasteiger partial charge on any atom is -0.508 e. The van der Waals surface area contributed by atoms with Crippen LogP contribution in [0.15, 0.2) is 72.8 Å². The van der Waals surface area contributed by atoms with Gasteiger partial charge >= 0.3 is 0 Å². The zero-order valence-electron chi connectivity index (χ0n) is 14.6. The van der Waals surface area contributed by atoms with Gasteiger partial charge in [0.05, 0.1) is 5.56 Å². The van der Waals surface area contributed by atoms with Gasteiger partial charge in [0.2, 0.25) is 0 Å². The lowest BCUT2D eigenvalue weighted by molar-refractivity contribution is 0.102. The van der Waals surface area contributed by atoms with Crippen molar-refractivity contribution in [1.82, 2.24) is 0 Å². The Bertz CT molecular complexity index is 905. The van der Waals surface area contributed by atoms with Gasteiger partial charge in [0, 0.05) is 31.5 Å². The molecule has 0 aromatic heterocycles. The van der Waals surface area contributed by atoms with E-state index in [1.165, 1.54) is 0 Å². The first kappa shape index (κ1) is 17.4. The molecule has 0 radical (unpaired) electrons. The zero-order valence-corrected chi connectivity index (χ0v) is 14.6. The predicted octanol–water partition coefficient (Wildman–Crippen LogP) is 4.50. The lowest BCUT2D eigenvalue weighted by Gasteiger charge is -2.17. The van der Waals surface area contributed by atoms with Gasteiger partial charge in [-0.3, -0.25) is 4.79 Å². The first-order valence-electron chi connectivity index (χ1n) is 8.17. The highest BCUT2D eigenvalue weighted by molar-refractivity contribution is 6.08. The number of amides is 1. The number of phenols is 1. The lowest BCUT2D eigenvalue weighted by atomic mass is 10.1. The van der Waals surface area contributed by atoms with Gasteiger partial charge in [0.15, 0.2) is 0 Å². The molecule has 132 valence electrons. The smallest absolute Gasteiger partial charge is 0.257 e. The first-order valence-corrected chi connectivity index (χ1v) is 8.17. The van der Waals surface area contributed by atoms with Crippen molar-refractivity contribution < 1.29 is 14.6 Å². The van der Waals surface area contributed by atoms with Crippen LogP contribution < -0.4 is 15.0 Å². The summed E-state index contributed by atoms with van der Waals surface area (Å²) < 4.78 is 5.75. The summed E-state index contributed by atoms with van der Waals surface area (Å²) in [7, 11) is 3.80. The summed E-state index contributed by atoms with van der Waals surface area (Å²) in [4.78, 5) is 14.5. The molecule has 0 spiro atoms. The topological polar surface area (TPSA) is 61.8 Å². The van der Waals surface area contributed by atoms with Gasteiger partial charge < -0.3 is 20.1 Å². The molecule has 5 nitrogen and oxygen atoms in total. The number of nitrogens with one attached hydrogen (secondary N) is 1. The first-order chi connectivity index (χ1) is 12.5. The van der Waals surface area contributed by atoms with Gasteiger partial charge in [-0.05, 0) is 48.5 Å². The van der Waals surface area contributed by atoms with E-state index in [1.54, 1.807) is 48.5 Å². The van der Waals surface area contributed by atoms with Crippen molar-refractivity contribution in [1.29, 1.82) is 0 Å². The van der Waals surface area contributed by atoms with E-state index in [-0.39, 0.29) is 11.7 Å². The van der Waals surface area contributed by atoms with Crippen molar-refractivity contribution in [2.24, 2.45) is 0 Å². The van der Waals surface area contributed by atoms with E-state index in [1.807, 2.05) is 43.3 Å². The number of carbonyl (C=O) groups excluding carboxylic acids is 1. The molecule has 0 bridgehead atoms. The number of para-hydroxylation sites is 1. The second kappa shape index (κ2) is 7.61. The highest BCUT2D eigenvalue weighted by Crippen LogP contribution is 2.26. The number of aromatic hydroxyl groups is 1. The summed E-state index contributed by atoms with van der Waals surface area (Å²) in [5.74, 6) is 1.19. The molecule has 0 unspecified atom stereocenters. The van der Waals surface area contributed by atoms with E-state index in [0.717, 1.165) is 5.69 Å². The highest BCUT2D eigenvalue weighted by atomic mass is 16.5. The molecular weight excluding hydrogens is 328 g/mol. The number of ether oxygens (including phenoxy) is 1. The van der Waals surface area contributed by atoms with E-state index in [0.29, 0.717) is 22.7 Å². The third-order valence-electron chi connectivity index (χ3n) is 3.79. The summed E-state index contributed by atoms with van der Waals surface area (Å²) in [6.45, 7) is 0. The summed E-state index contributed by atoms with van der Waals surface area (Å²) in [5, 5.41) is 12.2. The summed E-state index contributed by atoms with van der Waals surface area (Å²) in [6.07, 6.45) is 0. The van der Waals surface area contributed by atoms with Gasteiger partial charge in [-0.15, -0.1) is 0 Å². The average Bonchev–Trinajstić information content (AvgIpc) is 2.64. The molecule has 2 N–H and O–H groups in total. The molecule has 0 atom stereocenters. The summed E-state index contributed by atoms with van der Waals surface area (Å²) >= 11 is 0. The number of benzene rings is 3. The Morgan fingerprint density at radius 3 is 2.38 bits per heavy atom. The molecule has 3 aromatic carbocycles. The second-order valence-corrected chi connectivity index (χ2v) is 5.99. The van der Waals surface area contributed by atoms with E-state index in [9.17, 15) is 9.90 Å². The largest absolute Gasteiger partial charge is 0.508 e. The maximum absolute atomic E-state index is 12.6. The Kier molecular flexibility index (Phi) is 5.08. The fourth-order valence-corrected chi connectivity index (χ4v) is 2.54. The van der Waals surface area contributed by atoms with Crippen molar-refractivity contribution >= 4 is 17.3 Å². The Hall–Kier alpha value is -3.47. The van der Waals surface area contributed by atoms with E-state index in [2.05, 4.69) is 5.32 Å². The fourth-order valence-electron chi connectivity index (χ4n) is 2.54. The number of rotatable bonds is 5. The van der Waals surface area contributed by atoms with Crippen molar-refractivity contribution in [2.75, 3.05) is 24.3 Å². The molecule has 0 aliphatic rings. The van der Waals surface area contributed by atoms with Gasteiger partial charge in [0.1, 0.15) is 17.2 Å². The molecule has 0 saturated carbocycles. The molecule has 0 saturated heterocycles. The standard InChI is InChI=1S/C21H20N2O3/c1-23(2)20-9-4-3-8-19(20)21(25)22-15-6-5-7-18(14-15)26-17-12-10-16(24)11-13-17/h3-14,24H,1-2H3,(H,22,25). The van der Waals surface area contributed by atoms with Gasteiger partial charge in [-0.1, -0.05) is 18.2 Å². The molecule has 0 aliphatic carbocycles. The quantitative estimate of drug-likeness (QED) is 0.712. The van der Waals surface area contributed by atoms with Crippen LogP contribution in [0.2, 0.25) is 0 Å². The van der Waals surface area contributed by atoms with E-state index < -0.39 is 0 Å². The third-order valence-corrected chi connectivity index (χ3v) is 3.79. The maximum Gasteiger partial charge on any atom is 0.257 e. The van der Waals surface area contributed by atoms with Crippen LogP contribution in [0.25, 0.3) is 0 Å². The molecule has 0 heterocycles. The van der Waals surface area contributed by atoms with Crippen LogP contribution in [-0.4, -0.2) is 25.1 Å². The van der Waals surface area contributed by atoms with E-state index in [4.69, 9.17) is 4.74 Å². The molecule has 0 fully saturated rings. The Labute approximate surface area is 152 Å². The van der Waals surface area contributed by atoms with Crippen LogP contribution in [0, 0.1) is 0 Å². The molecule has 5 heteroatoms. The SMILES string of the molecule is CN(C)c1ccccc1C(=O)Nc1cccc(Oc2ccc(O)cc2)c1. The molecule has 3 aromatic rings. The molecule has 0 aliphatic heterocycles. The monoisotopic (exact) mass is 348 g/mol. The highest BCUT2D eigenvalue weighted by Gasteiger charge is 2.12. The van der Waals surface area contributed by atoms with Crippen LogP contribution in [0.4, 0.5) is 11.4 Å². The van der Waals surface area contributed by atoms with E-state index >= 15 is 0 Å². The van der Waals surface area contributed by atoms with Crippen molar-refractivity contribution in [2.45, 2.75) is 0 Å². The number of nitrogens with zero attached hydrogens (tertiary/aromatic N) is 1. The Morgan fingerprint density at radius 1 is 0.923 bits per heavy atom. The second-order valence-electron chi connectivity index (χ2n) is 5.99. The third kappa shape index (κ3) is 4.13. The van der Waals surface area contributed by atoms with Crippen molar-refractivity contribution in [3.63, 3.8) is 0 Å². The number of hydrogen-bond acceptors (Lipinski definition) is 4. The minimum absolute atomic E-state index is 0.179. The van der Waals surface area contributed by atoms with Crippen LogP contribution >= 0.6 is 0 Å². The number of phenolic OH excluding ortho intramolecular Hbond substituents is 1. The molecule has 3 rings (SSSR count). The van der Waals surface area contributed by atoms with Crippen LogP contribution in [0.1, 0.15) is 10.4 Å². The van der Waals surface area contributed by atoms with Gasteiger partial charge in [-0.2, -0.15) is 0 Å². The van der Waals surface area contributed by atoms with Crippen molar-refractivity contribution in [3.05, 3.63) is 78.4 Å². The fraction of sp³-hybridized carbons (Fsp3) is 0.0952. The lowest BCUT2D eigenvalue weighted by Crippen LogP contribution is -2.18. The molecule has 1 amide bonds. The molecule has 26 heavy (non-hydrogen) atoms. The van der Waals surface area contributed by atoms with Crippen LogP contribution in [0.5, 0.6) is 17.2 Å². The Balaban J connectivity index is 1.76. The van der Waals surface area contributed by atoms with Crippen LogP contribution in [-0.2, 0) is 0 Å².